The van der Waals surface area contributed by atoms with Crippen LogP contribution in [-0.4, -0.2) is 28.8 Å². The second kappa shape index (κ2) is 13.1. The molecule has 0 radical (unpaired) electrons. The van der Waals surface area contributed by atoms with E-state index in [2.05, 4.69) is 5.32 Å². The first kappa shape index (κ1) is 26.4. The van der Waals surface area contributed by atoms with Crippen LogP contribution in [-0.2, 0) is 29.0 Å². The van der Waals surface area contributed by atoms with Gasteiger partial charge in [0.25, 0.3) is 0 Å². The van der Waals surface area contributed by atoms with Crippen molar-refractivity contribution < 1.29 is 14.0 Å². The number of nitrogens with zero attached hydrogens (tertiary/aromatic N) is 1. The van der Waals surface area contributed by atoms with Gasteiger partial charge in [0.15, 0.2) is 0 Å². The zero-order chi connectivity index (χ0) is 25.2. The zero-order valence-electron chi connectivity index (χ0n) is 20.2. The van der Waals surface area contributed by atoms with E-state index in [-0.39, 0.29) is 30.8 Å². The van der Waals surface area contributed by atoms with Gasteiger partial charge in [-0.3, -0.25) is 9.59 Å². The molecule has 2 atom stereocenters. The fourth-order valence-corrected chi connectivity index (χ4v) is 4.12. The molecular formula is C29H32ClFN2O2. The molecule has 0 unspecified atom stereocenters. The van der Waals surface area contributed by atoms with E-state index in [9.17, 15) is 14.0 Å². The lowest BCUT2D eigenvalue weighted by Crippen LogP contribution is -2.52. The molecule has 0 heterocycles. The van der Waals surface area contributed by atoms with Gasteiger partial charge >= 0.3 is 0 Å². The standard InChI is InChI=1S/C29H32ClFN2O2/c1-3-21(2)32-29(35)27(19-22-11-5-4-6-12-22)33(20-24-14-8-10-16-26(24)31)28(34)18-17-23-13-7-9-15-25(23)30/h4-16,21,27H,3,17-20H2,1-2H3,(H,32,35)/t21-,27-/m0/s1. The van der Waals surface area contributed by atoms with Crippen LogP contribution in [0.15, 0.2) is 78.9 Å². The van der Waals surface area contributed by atoms with Crippen LogP contribution in [0.2, 0.25) is 5.02 Å². The molecule has 2 amide bonds. The molecule has 0 aliphatic carbocycles. The minimum Gasteiger partial charge on any atom is -0.352 e. The van der Waals surface area contributed by atoms with Gasteiger partial charge in [0.05, 0.1) is 0 Å². The first-order valence-electron chi connectivity index (χ1n) is 12.0. The third kappa shape index (κ3) is 7.66. The molecule has 0 aromatic heterocycles. The number of rotatable bonds is 11. The highest BCUT2D eigenvalue weighted by molar-refractivity contribution is 6.31. The van der Waals surface area contributed by atoms with Crippen molar-refractivity contribution in [3.63, 3.8) is 0 Å². The SMILES string of the molecule is CC[C@H](C)NC(=O)[C@H](Cc1ccccc1)N(Cc1ccccc1F)C(=O)CCc1ccccc1Cl. The van der Waals surface area contributed by atoms with Crippen molar-refractivity contribution in [2.75, 3.05) is 0 Å². The van der Waals surface area contributed by atoms with Crippen molar-refractivity contribution in [1.29, 1.82) is 0 Å². The van der Waals surface area contributed by atoms with Crippen molar-refractivity contribution >= 4 is 23.4 Å². The molecule has 0 spiro atoms. The van der Waals surface area contributed by atoms with E-state index in [1.807, 2.05) is 62.4 Å². The normalized spacial score (nSPS) is 12.6. The van der Waals surface area contributed by atoms with Crippen molar-refractivity contribution in [1.82, 2.24) is 10.2 Å². The number of carbonyl (C=O) groups excluding carboxylic acids is 2. The second-order valence-corrected chi connectivity index (χ2v) is 9.14. The lowest BCUT2D eigenvalue weighted by atomic mass is 10.0. The van der Waals surface area contributed by atoms with Crippen molar-refractivity contribution in [2.24, 2.45) is 0 Å². The molecule has 35 heavy (non-hydrogen) atoms. The zero-order valence-corrected chi connectivity index (χ0v) is 21.0. The molecule has 3 aromatic carbocycles. The van der Waals surface area contributed by atoms with E-state index in [4.69, 9.17) is 11.6 Å². The van der Waals surface area contributed by atoms with Crippen LogP contribution in [0.1, 0.15) is 43.4 Å². The number of hydrogen-bond acceptors (Lipinski definition) is 2. The number of hydrogen-bond donors (Lipinski definition) is 1. The van der Waals surface area contributed by atoms with Gasteiger partial charge in [-0.1, -0.05) is 85.3 Å². The van der Waals surface area contributed by atoms with Gasteiger partial charge in [-0.15, -0.1) is 0 Å². The maximum absolute atomic E-state index is 14.6. The van der Waals surface area contributed by atoms with Crippen LogP contribution in [0.25, 0.3) is 0 Å². The Morgan fingerprint density at radius 3 is 2.23 bits per heavy atom. The topological polar surface area (TPSA) is 49.4 Å². The monoisotopic (exact) mass is 494 g/mol. The lowest BCUT2D eigenvalue weighted by molar-refractivity contribution is -0.141. The smallest absolute Gasteiger partial charge is 0.243 e. The van der Waals surface area contributed by atoms with Crippen molar-refractivity contribution in [3.05, 3.63) is 106 Å². The van der Waals surface area contributed by atoms with E-state index in [0.717, 1.165) is 17.5 Å². The molecule has 0 aliphatic rings. The number of amides is 2. The molecule has 3 rings (SSSR count). The average molecular weight is 495 g/mol. The van der Waals surface area contributed by atoms with Crippen LogP contribution in [0.4, 0.5) is 4.39 Å². The van der Waals surface area contributed by atoms with Gasteiger partial charge in [0, 0.05) is 36.0 Å². The molecule has 6 heteroatoms. The molecule has 0 fully saturated rings. The Bertz CT molecular complexity index is 1120. The summed E-state index contributed by atoms with van der Waals surface area (Å²) in [4.78, 5) is 28.6. The van der Waals surface area contributed by atoms with E-state index >= 15 is 0 Å². The Morgan fingerprint density at radius 1 is 0.943 bits per heavy atom. The van der Waals surface area contributed by atoms with Crippen LogP contribution in [0.3, 0.4) is 0 Å². The van der Waals surface area contributed by atoms with E-state index < -0.39 is 11.9 Å². The number of benzene rings is 3. The van der Waals surface area contributed by atoms with Crippen molar-refractivity contribution in [3.8, 4) is 0 Å². The third-order valence-corrected chi connectivity index (χ3v) is 6.51. The van der Waals surface area contributed by atoms with Gasteiger partial charge in [-0.05, 0) is 43.0 Å². The fourth-order valence-electron chi connectivity index (χ4n) is 3.89. The Hall–Kier alpha value is -3.18. The van der Waals surface area contributed by atoms with Gasteiger partial charge in [0.1, 0.15) is 11.9 Å². The highest BCUT2D eigenvalue weighted by atomic mass is 35.5. The molecule has 0 saturated carbocycles. The number of nitrogens with one attached hydrogen (secondary N) is 1. The van der Waals surface area contributed by atoms with E-state index in [0.29, 0.717) is 23.4 Å². The molecule has 4 nitrogen and oxygen atoms in total. The number of halogens is 2. The largest absolute Gasteiger partial charge is 0.352 e. The summed E-state index contributed by atoms with van der Waals surface area (Å²) in [5.74, 6) is -0.878. The van der Waals surface area contributed by atoms with Gasteiger partial charge < -0.3 is 10.2 Å². The Balaban J connectivity index is 1.93. The van der Waals surface area contributed by atoms with Crippen LogP contribution in [0.5, 0.6) is 0 Å². The minimum absolute atomic E-state index is 0.000541. The predicted molar refractivity (Wildman–Crippen MR) is 139 cm³/mol. The summed E-state index contributed by atoms with van der Waals surface area (Å²) in [7, 11) is 0. The summed E-state index contributed by atoms with van der Waals surface area (Å²) in [6.45, 7) is 3.92. The van der Waals surface area contributed by atoms with E-state index in [1.54, 1.807) is 24.3 Å². The average Bonchev–Trinajstić information content (AvgIpc) is 2.87. The van der Waals surface area contributed by atoms with Gasteiger partial charge in [0.2, 0.25) is 11.8 Å². The quantitative estimate of drug-likeness (QED) is 0.357. The van der Waals surface area contributed by atoms with Gasteiger partial charge in [-0.2, -0.15) is 0 Å². The predicted octanol–water partition coefficient (Wildman–Crippen LogP) is 5.97. The summed E-state index contributed by atoms with van der Waals surface area (Å²) in [6, 6.07) is 22.5. The first-order valence-corrected chi connectivity index (χ1v) is 12.4. The Labute approximate surface area is 212 Å². The highest BCUT2D eigenvalue weighted by Gasteiger charge is 2.31. The minimum atomic E-state index is -0.787. The highest BCUT2D eigenvalue weighted by Crippen LogP contribution is 2.21. The molecule has 1 N–H and O–H groups in total. The summed E-state index contributed by atoms with van der Waals surface area (Å²) in [6.07, 6.45) is 1.67. The summed E-state index contributed by atoms with van der Waals surface area (Å²) < 4.78 is 14.6. The van der Waals surface area contributed by atoms with Crippen LogP contribution >= 0.6 is 11.6 Å². The maximum atomic E-state index is 14.6. The summed E-state index contributed by atoms with van der Waals surface area (Å²) in [5, 5.41) is 3.61. The Kier molecular flexibility index (Phi) is 9.86. The summed E-state index contributed by atoms with van der Waals surface area (Å²) >= 11 is 6.29. The molecule has 0 saturated heterocycles. The van der Waals surface area contributed by atoms with Gasteiger partial charge in [-0.25, -0.2) is 4.39 Å². The molecule has 0 bridgehead atoms. The lowest BCUT2D eigenvalue weighted by Gasteiger charge is -2.32. The Morgan fingerprint density at radius 2 is 1.57 bits per heavy atom. The fraction of sp³-hybridized carbons (Fsp3) is 0.310. The van der Waals surface area contributed by atoms with Crippen molar-refractivity contribution in [2.45, 2.75) is 58.2 Å². The van der Waals surface area contributed by atoms with Crippen LogP contribution in [0, 0.1) is 5.82 Å². The van der Waals surface area contributed by atoms with Crippen LogP contribution < -0.4 is 5.32 Å². The number of aryl methyl sites for hydroxylation is 1. The molecule has 3 aromatic rings. The first-order chi connectivity index (χ1) is 16.9. The second-order valence-electron chi connectivity index (χ2n) is 8.73. The van der Waals surface area contributed by atoms with E-state index in [1.165, 1.54) is 11.0 Å². The third-order valence-electron chi connectivity index (χ3n) is 6.14. The molecule has 0 aliphatic heterocycles. The molecule has 184 valence electrons. The maximum Gasteiger partial charge on any atom is 0.243 e. The summed E-state index contributed by atoms with van der Waals surface area (Å²) in [5.41, 5.74) is 2.15. The number of carbonyl (C=O) groups is 2. The molecular weight excluding hydrogens is 463 g/mol.